The van der Waals surface area contributed by atoms with Crippen LogP contribution in [0.1, 0.15) is 18.9 Å². The Kier molecular flexibility index (Phi) is 3.97. The van der Waals surface area contributed by atoms with Crippen molar-refractivity contribution in [1.29, 1.82) is 0 Å². The summed E-state index contributed by atoms with van der Waals surface area (Å²) in [5, 5.41) is 0. The van der Waals surface area contributed by atoms with Crippen LogP contribution in [0.15, 0.2) is 18.3 Å². The van der Waals surface area contributed by atoms with E-state index in [0.29, 0.717) is 18.6 Å². The van der Waals surface area contributed by atoms with Crippen LogP contribution in [0.25, 0.3) is 0 Å². The summed E-state index contributed by atoms with van der Waals surface area (Å²) in [7, 11) is 1.79. The molecule has 4 nitrogen and oxygen atoms in total. The lowest BCUT2D eigenvalue weighted by Crippen LogP contribution is -2.44. The number of nitrogens with zero attached hydrogens (tertiary/aromatic N) is 2. The SMILES string of the molecule is COC1CN(c2cc(CN)ccn2)CCC1C. The molecule has 17 heavy (non-hydrogen) atoms. The van der Waals surface area contributed by atoms with Gasteiger partial charge in [0.2, 0.25) is 0 Å². The third-order valence-corrected chi connectivity index (χ3v) is 3.56. The van der Waals surface area contributed by atoms with Gasteiger partial charge in [0.25, 0.3) is 0 Å². The Balaban J connectivity index is 2.11. The Morgan fingerprint density at radius 2 is 2.41 bits per heavy atom. The second-order valence-corrected chi connectivity index (χ2v) is 4.71. The van der Waals surface area contributed by atoms with Gasteiger partial charge in [-0.2, -0.15) is 0 Å². The average Bonchev–Trinajstić information content (AvgIpc) is 2.39. The molecule has 2 heterocycles. The fraction of sp³-hybridized carbons (Fsp3) is 0.615. The number of hydrogen-bond acceptors (Lipinski definition) is 4. The summed E-state index contributed by atoms with van der Waals surface area (Å²) in [5.74, 6) is 1.64. The van der Waals surface area contributed by atoms with Gasteiger partial charge in [-0.1, -0.05) is 6.92 Å². The molecule has 1 aliphatic heterocycles. The number of ether oxygens (including phenoxy) is 1. The molecule has 2 rings (SSSR count). The van der Waals surface area contributed by atoms with Crippen molar-refractivity contribution in [3.05, 3.63) is 23.9 Å². The first kappa shape index (κ1) is 12.3. The Morgan fingerprint density at radius 1 is 1.59 bits per heavy atom. The van der Waals surface area contributed by atoms with Crippen LogP contribution in [0, 0.1) is 5.92 Å². The lowest BCUT2D eigenvalue weighted by molar-refractivity contribution is 0.0496. The van der Waals surface area contributed by atoms with Gasteiger partial charge < -0.3 is 15.4 Å². The van der Waals surface area contributed by atoms with Crippen LogP contribution < -0.4 is 10.6 Å². The smallest absolute Gasteiger partial charge is 0.128 e. The predicted molar refractivity (Wildman–Crippen MR) is 68.9 cm³/mol. The molecule has 0 bridgehead atoms. The predicted octanol–water partition coefficient (Wildman–Crippen LogP) is 1.40. The van der Waals surface area contributed by atoms with Crippen molar-refractivity contribution in [1.82, 2.24) is 4.98 Å². The van der Waals surface area contributed by atoms with E-state index >= 15 is 0 Å². The van der Waals surface area contributed by atoms with Gasteiger partial charge in [0.15, 0.2) is 0 Å². The van der Waals surface area contributed by atoms with Crippen molar-refractivity contribution in [3.63, 3.8) is 0 Å². The van der Waals surface area contributed by atoms with Gasteiger partial charge in [-0.3, -0.25) is 0 Å². The molecule has 2 atom stereocenters. The van der Waals surface area contributed by atoms with E-state index in [1.165, 1.54) is 0 Å². The molecule has 1 saturated heterocycles. The number of aromatic nitrogens is 1. The molecule has 94 valence electrons. The van der Waals surface area contributed by atoms with E-state index in [1.807, 2.05) is 12.3 Å². The molecule has 4 heteroatoms. The van der Waals surface area contributed by atoms with Gasteiger partial charge >= 0.3 is 0 Å². The highest BCUT2D eigenvalue weighted by Crippen LogP contribution is 2.23. The largest absolute Gasteiger partial charge is 0.379 e. The third kappa shape index (κ3) is 2.76. The zero-order valence-corrected chi connectivity index (χ0v) is 10.6. The van der Waals surface area contributed by atoms with Crippen LogP contribution in [0.4, 0.5) is 5.82 Å². The van der Waals surface area contributed by atoms with Gasteiger partial charge in [0.05, 0.1) is 6.10 Å². The maximum absolute atomic E-state index is 5.65. The van der Waals surface area contributed by atoms with Crippen molar-refractivity contribution >= 4 is 5.82 Å². The minimum atomic E-state index is 0.298. The maximum Gasteiger partial charge on any atom is 0.128 e. The minimum absolute atomic E-state index is 0.298. The van der Waals surface area contributed by atoms with E-state index < -0.39 is 0 Å². The zero-order chi connectivity index (χ0) is 12.3. The second-order valence-electron chi connectivity index (χ2n) is 4.71. The van der Waals surface area contributed by atoms with Crippen molar-refractivity contribution in [2.24, 2.45) is 11.7 Å². The van der Waals surface area contributed by atoms with Gasteiger partial charge in [-0.25, -0.2) is 4.98 Å². The fourth-order valence-electron chi connectivity index (χ4n) is 2.31. The van der Waals surface area contributed by atoms with Crippen LogP contribution in [-0.4, -0.2) is 31.3 Å². The summed E-state index contributed by atoms with van der Waals surface area (Å²) in [6.45, 7) is 4.77. The van der Waals surface area contributed by atoms with Crippen LogP contribution in [0.5, 0.6) is 0 Å². The number of piperidine rings is 1. The Hall–Kier alpha value is -1.13. The van der Waals surface area contributed by atoms with E-state index in [2.05, 4.69) is 22.9 Å². The summed E-state index contributed by atoms with van der Waals surface area (Å²) < 4.78 is 5.52. The van der Waals surface area contributed by atoms with Crippen LogP contribution >= 0.6 is 0 Å². The summed E-state index contributed by atoms with van der Waals surface area (Å²) in [4.78, 5) is 6.70. The van der Waals surface area contributed by atoms with Crippen molar-refractivity contribution in [2.45, 2.75) is 26.0 Å². The monoisotopic (exact) mass is 235 g/mol. The highest BCUT2D eigenvalue weighted by atomic mass is 16.5. The van der Waals surface area contributed by atoms with E-state index in [4.69, 9.17) is 10.5 Å². The van der Waals surface area contributed by atoms with Crippen molar-refractivity contribution in [2.75, 3.05) is 25.1 Å². The normalized spacial score (nSPS) is 25.0. The molecule has 0 aromatic carbocycles. The summed E-state index contributed by atoms with van der Waals surface area (Å²) in [5.41, 5.74) is 6.78. The highest BCUT2D eigenvalue weighted by Gasteiger charge is 2.26. The molecule has 1 aromatic heterocycles. The van der Waals surface area contributed by atoms with Gasteiger partial charge in [0.1, 0.15) is 5.82 Å². The molecular formula is C13H21N3O. The summed E-state index contributed by atoms with van der Waals surface area (Å²) in [6.07, 6.45) is 3.27. The van der Waals surface area contributed by atoms with Crippen molar-refractivity contribution in [3.8, 4) is 0 Å². The van der Waals surface area contributed by atoms with E-state index in [9.17, 15) is 0 Å². The molecule has 0 aliphatic carbocycles. The Labute approximate surface area is 103 Å². The number of methoxy groups -OCH3 is 1. The first-order valence-electron chi connectivity index (χ1n) is 6.17. The summed E-state index contributed by atoms with van der Waals surface area (Å²) >= 11 is 0. The molecule has 1 aromatic rings. The van der Waals surface area contributed by atoms with Gasteiger partial charge in [0, 0.05) is 32.9 Å². The molecule has 1 fully saturated rings. The Bertz CT molecular complexity index is 369. The molecule has 2 N–H and O–H groups in total. The van der Waals surface area contributed by atoms with E-state index in [-0.39, 0.29) is 0 Å². The van der Waals surface area contributed by atoms with Crippen LogP contribution in [-0.2, 0) is 11.3 Å². The second kappa shape index (κ2) is 5.47. The molecule has 0 saturated carbocycles. The number of nitrogens with two attached hydrogens (primary N) is 1. The number of rotatable bonds is 3. The molecule has 1 aliphatic rings. The summed E-state index contributed by atoms with van der Waals surface area (Å²) in [6, 6.07) is 4.03. The first-order valence-corrected chi connectivity index (χ1v) is 6.17. The number of pyridine rings is 1. The Morgan fingerprint density at radius 3 is 3.12 bits per heavy atom. The number of hydrogen-bond donors (Lipinski definition) is 1. The standard InChI is InChI=1S/C13H21N3O/c1-10-4-6-16(9-12(10)17-2)13-7-11(8-14)3-5-15-13/h3,5,7,10,12H,4,6,8-9,14H2,1-2H3. The van der Waals surface area contributed by atoms with Crippen molar-refractivity contribution < 1.29 is 4.74 Å². The quantitative estimate of drug-likeness (QED) is 0.860. The number of anilines is 1. The molecule has 0 radical (unpaired) electrons. The lowest BCUT2D eigenvalue weighted by atomic mass is 9.96. The lowest BCUT2D eigenvalue weighted by Gasteiger charge is -2.37. The third-order valence-electron chi connectivity index (χ3n) is 3.56. The van der Waals surface area contributed by atoms with Gasteiger partial charge in [-0.05, 0) is 30.0 Å². The maximum atomic E-state index is 5.65. The van der Waals surface area contributed by atoms with Crippen LogP contribution in [0.3, 0.4) is 0 Å². The molecule has 0 amide bonds. The fourth-order valence-corrected chi connectivity index (χ4v) is 2.31. The van der Waals surface area contributed by atoms with Crippen LogP contribution in [0.2, 0.25) is 0 Å². The average molecular weight is 235 g/mol. The molecule has 0 spiro atoms. The van der Waals surface area contributed by atoms with E-state index in [0.717, 1.165) is 30.9 Å². The molecular weight excluding hydrogens is 214 g/mol. The minimum Gasteiger partial charge on any atom is -0.379 e. The molecule has 2 unspecified atom stereocenters. The highest BCUT2D eigenvalue weighted by molar-refractivity contribution is 5.41. The zero-order valence-electron chi connectivity index (χ0n) is 10.6. The first-order chi connectivity index (χ1) is 8.24. The van der Waals surface area contributed by atoms with E-state index in [1.54, 1.807) is 7.11 Å². The van der Waals surface area contributed by atoms with Gasteiger partial charge in [-0.15, -0.1) is 0 Å². The topological polar surface area (TPSA) is 51.4 Å².